The van der Waals surface area contributed by atoms with Crippen LogP contribution in [0.3, 0.4) is 0 Å². The summed E-state index contributed by atoms with van der Waals surface area (Å²) in [6.07, 6.45) is 4.65. The van der Waals surface area contributed by atoms with Crippen molar-refractivity contribution in [1.29, 1.82) is 0 Å². The summed E-state index contributed by atoms with van der Waals surface area (Å²) in [5.74, 6) is 0.852. The number of ether oxygens (including phenoxy) is 1. The number of nitrogens with one attached hydrogen (secondary N) is 1. The Bertz CT molecular complexity index is 405. The summed E-state index contributed by atoms with van der Waals surface area (Å²) in [6.45, 7) is 2.87. The van der Waals surface area contributed by atoms with E-state index >= 15 is 0 Å². The molecule has 1 fully saturated rings. The van der Waals surface area contributed by atoms with E-state index in [9.17, 15) is 4.79 Å². The third kappa shape index (κ3) is 4.06. The summed E-state index contributed by atoms with van der Waals surface area (Å²) in [7, 11) is 1.67. The normalized spacial score (nSPS) is 23.1. The van der Waals surface area contributed by atoms with Gasteiger partial charge in [0.05, 0.1) is 6.61 Å². The van der Waals surface area contributed by atoms with Crippen LogP contribution >= 0.6 is 0 Å². The zero-order valence-corrected chi connectivity index (χ0v) is 11.8. The van der Waals surface area contributed by atoms with Crippen molar-refractivity contribution in [2.45, 2.75) is 45.3 Å². The Morgan fingerprint density at radius 3 is 2.42 bits per heavy atom. The topological polar surface area (TPSA) is 38.3 Å². The highest BCUT2D eigenvalue weighted by Crippen LogP contribution is 2.23. The van der Waals surface area contributed by atoms with Crippen LogP contribution in [0.4, 0.5) is 0 Å². The van der Waals surface area contributed by atoms with Gasteiger partial charge in [-0.2, -0.15) is 0 Å². The lowest BCUT2D eigenvalue weighted by molar-refractivity contribution is 0.0923. The van der Waals surface area contributed by atoms with Crippen molar-refractivity contribution in [2.24, 2.45) is 5.92 Å². The van der Waals surface area contributed by atoms with Gasteiger partial charge in [-0.15, -0.1) is 0 Å². The van der Waals surface area contributed by atoms with Crippen LogP contribution < -0.4 is 5.32 Å². The number of methoxy groups -OCH3 is 1. The van der Waals surface area contributed by atoms with Gasteiger partial charge in [0.1, 0.15) is 0 Å². The molecule has 1 saturated carbocycles. The van der Waals surface area contributed by atoms with E-state index in [4.69, 9.17) is 4.74 Å². The predicted octanol–water partition coefficient (Wildman–Crippen LogP) is 3.14. The first-order valence-electron chi connectivity index (χ1n) is 7.07. The quantitative estimate of drug-likeness (QED) is 0.904. The van der Waals surface area contributed by atoms with Gasteiger partial charge in [0, 0.05) is 18.7 Å². The molecule has 1 aliphatic rings. The largest absolute Gasteiger partial charge is 0.380 e. The van der Waals surface area contributed by atoms with E-state index in [1.807, 2.05) is 24.3 Å². The molecule has 1 aromatic rings. The second kappa shape index (κ2) is 6.71. The van der Waals surface area contributed by atoms with E-state index in [1.165, 1.54) is 12.8 Å². The smallest absolute Gasteiger partial charge is 0.251 e. The Morgan fingerprint density at radius 2 is 1.84 bits per heavy atom. The second-order valence-electron chi connectivity index (χ2n) is 5.56. The Morgan fingerprint density at radius 1 is 1.21 bits per heavy atom. The molecule has 0 aromatic heterocycles. The lowest BCUT2D eigenvalue weighted by atomic mass is 9.87. The predicted molar refractivity (Wildman–Crippen MR) is 76.0 cm³/mol. The van der Waals surface area contributed by atoms with E-state index in [0.717, 1.165) is 29.9 Å². The highest BCUT2D eigenvalue weighted by atomic mass is 16.5. The van der Waals surface area contributed by atoms with Crippen LogP contribution in [-0.2, 0) is 11.3 Å². The van der Waals surface area contributed by atoms with Gasteiger partial charge >= 0.3 is 0 Å². The Labute approximate surface area is 115 Å². The number of amides is 1. The third-order valence-electron chi connectivity index (χ3n) is 3.88. The molecule has 0 bridgehead atoms. The molecule has 0 heterocycles. The summed E-state index contributed by atoms with van der Waals surface area (Å²) in [6, 6.07) is 7.98. The summed E-state index contributed by atoms with van der Waals surface area (Å²) >= 11 is 0. The van der Waals surface area contributed by atoms with Crippen molar-refractivity contribution in [3.63, 3.8) is 0 Å². The molecule has 0 radical (unpaired) electrons. The van der Waals surface area contributed by atoms with Crippen LogP contribution in [0.25, 0.3) is 0 Å². The maximum Gasteiger partial charge on any atom is 0.251 e. The second-order valence-corrected chi connectivity index (χ2v) is 5.56. The van der Waals surface area contributed by atoms with Gasteiger partial charge < -0.3 is 10.1 Å². The fourth-order valence-electron chi connectivity index (χ4n) is 2.59. The van der Waals surface area contributed by atoms with Crippen LogP contribution in [0.2, 0.25) is 0 Å². The third-order valence-corrected chi connectivity index (χ3v) is 3.88. The number of benzene rings is 1. The number of hydrogen-bond acceptors (Lipinski definition) is 2. The average molecular weight is 261 g/mol. The first-order chi connectivity index (χ1) is 9.19. The van der Waals surface area contributed by atoms with Gasteiger partial charge in [0.25, 0.3) is 5.91 Å². The molecule has 1 aromatic carbocycles. The Hall–Kier alpha value is -1.35. The zero-order valence-electron chi connectivity index (χ0n) is 11.8. The molecular weight excluding hydrogens is 238 g/mol. The molecule has 0 atom stereocenters. The van der Waals surface area contributed by atoms with Gasteiger partial charge in [0.2, 0.25) is 0 Å². The van der Waals surface area contributed by atoms with Gasteiger partial charge in [-0.3, -0.25) is 4.79 Å². The summed E-state index contributed by atoms with van der Waals surface area (Å²) < 4.78 is 5.06. The SMILES string of the molecule is COCc1ccc(C(=O)NC2CCC(C)CC2)cc1. The van der Waals surface area contributed by atoms with Gasteiger partial charge in [-0.05, 0) is 49.3 Å². The highest BCUT2D eigenvalue weighted by molar-refractivity contribution is 5.94. The van der Waals surface area contributed by atoms with Gasteiger partial charge in [-0.25, -0.2) is 0 Å². The number of carbonyl (C=O) groups is 1. The van der Waals surface area contributed by atoms with Crippen LogP contribution in [0.1, 0.15) is 48.5 Å². The first-order valence-corrected chi connectivity index (χ1v) is 7.07. The monoisotopic (exact) mass is 261 g/mol. The lowest BCUT2D eigenvalue weighted by Crippen LogP contribution is -2.37. The minimum absolute atomic E-state index is 0.0449. The van der Waals surface area contributed by atoms with E-state index in [1.54, 1.807) is 7.11 Å². The van der Waals surface area contributed by atoms with Crippen molar-refractivity contribution in [2.75, 3.05) is 7.11 Å². The molecule has 1 aliphatic carbocycles. The minimum Gasteiger partial charge on any atom is -0.380 e. The molecule has 1 amide bonds. The van der Waals surface area contributed by atoms with Gasteiger partial charge in [0.15, 0.2) is 0 Å². The Kier molecular flexibility index (Phi) is 4.97. The maximum absolute atomic E-state index is 12.1. The molecule has 0 saturated heterocycles. The molecule has 0 aliphatic heterocycles. The summed E-state index contributed by atoms with van der Waals surface area (Å²) in [4.78, 5) is 12.1. The maximum atomic E-state index is 12.1. The fraction of sp³-hybridized carbons (Fsp3) is 0.562. The zero-order chi connectivity index (χ0) is 13.7. The van der Waals surface area contributed by atoms with E-state index in [2.05, 4.69) is 12.2 Å². The molecule has 0 spiro atoms. The minimum atomic E-state index is 0.0449. The first kappa shape index (κ1) is 14.1. The molecular formula is C16H23NO2. The van der Waals surface area contributed by atoms with E-state index in [0.29, 0.717) is 12.6 Å². The average Bonchev–Trinajstić information content (AvgIpc) is 2.42. The fourth-order valence-corrected chi connectivity index (χ4v) is 2.59. The van der Waals surface area contributed by atoms with Crippen molar-refractivity contribution in [3.05, 3.63) is 35.4 Å². The molecule has 0 unspecified atom stereocenters. The van der Waals surface area contributed by atoms with Crippen molar-refractivity contribution in [1.82, 2.24) is 5.32 Å². The Balaban J connectivity index is 1.88. The van der Waals surface area contributed by atoms with Crippen LogP contribution in [0.15, 0.2) is 24.3 Å². The van der Waals surface area contributed by atoms with Crippen molar-refractivity contribution < 1.29 is 9.53 Å². The van der Waals surface area contributed by atoms with Crippen molar-refractivity contribution in [3.8, 4) is 0 Å². The number of rotatable bonds is 4. The highest BCUT2D eigenvalue weighted by Gasteiger charge is 2.20. The van der Waals surface area contributed by atoms with Crippen LogP contribution in [0.5, 0.6) is 0 Å². The molecule has 1 N–H and O–H groups in total. The van der Waals surface area contributed by atoms with E-state index < -0.39 is 0 Å². The van der Waals surface area contributed by atoms with Crippen LogP contribution in [0, 0.1) is 5.92 Å². The number of carbonyl (C=O) groups excluding carboxylic acids is 1. The molecule has 104 valence electrons. The molecule has 3 heteroatoms. The molecule has 19 heavy (non-hydrogen) atoms. The van der Waals surface area contributed by atoms with Crippen molar-refractivity contribution >= 4 is 5.91 Å². The number of hydrogen-bond donors (Lipinski definition) is 1. The molecule has 3 nitrogen and oxygen atoms in total. The summed E-state index contributed by atoms with van der Waals surface area (Å²) in [5, 5.41) is 3.14. The van der Waals surface area contributed by atoms with E-state index in [-0.39, 0.29) is 5.91 Å². The summed E-state index contributed by atoms with van der Waals surface area (Å²) in [5.41, 5.74) is 1.82. The lowest BCUT2D eigenvalue weighted by Gasteiger charge is -2.26. The van der Waals surface area contributed by atoms with Crippen LogP contribution in [-0.4, -0.2) is 19.1 Å². The molecule has 2 rings (SSSR count). The van der Waals surface area contributed by atoms with Gasteiger partial charge in [-0.1, -0.05) is 19.1 Å². The standard InChI is InChI=1S/C16H23NO2/c1-12-3-9-15(10-4-12)17-16(18)14-7-5-13(6-8-14)11-19-2/h5-8,12,15H,3-4,9-11H2,1-2H3,(H,17,18).